The second-order valence-electron chi connectivity index (χ2n) is 5.64. The number of carbonyl (C=O) groups excluding carboxylic acids is 2. The summed E-state index contributed by atoms with van der Waals surface area (Å²) in [5.74, 6) is -0.0250. The lowest BCUT2D eigenvalue weighted by Crippen LogP contribution is -2.19. The topological polar surface area (TPSA) is 100 Å². The highest BCUT2D eigenvalue weighted by molar-refractivity contribution is 8.18. The van der Waals surface area contributed by atoms with Crippen LogP contribution in [0, 0.1) is 0 Å². The van der Waals surface area contributed by atoms with Crippen molar-refractivity contribution in [2.45, 2.75) is 6.92 Å². The Labute approximate surface area is 160 Å². The van der Waals surface area contributed by atoms with Gasteiger partial charge in [-0.3, -0.25) is 9.59 Å². The molecule has 0 bridgehead atoms. The van der Waals surface area contributed by atoms with E-state index in [1.54, 1.807) is 42.5 Å². The molecule has 8 heteroatoms. The number of carbonyl (C=O) groups is 2. The van der Waals surface area contributed by atoms with Crippen LogP contribution >= 0.6 is 11.8 Å². The predicted octanol–water partition coefficient (Wildman–Crippen LogP) is 3.25. The largest absolute Gasteiger partial charge is 0.504 e. The van der Waals surface area contributed by atoms with Crippen molar-refractivity contribution in [3.63, 3.8) is 0 Å². The fraction of sp³-hybridized carbons (Fsp3) is 0.105. The molecule has 27 heavy (non-hydrogen) atoms. The van der Waals surface area contributed by atoms with E-state index in [-0.39, 0.29) is 17.6 Å². The number of amides is 2. The monoisotopic (exact) mass is 383 g/mol. The maximum atomic E-state index is 12.2. The Morgan fingerprint density at radius 3 is 2.67 bits per heavy atom. The van der Waals surface area contributed by atoms with E-state index in [0.29, 0.717) is 27.2 Å². The molecule has 1 saturated heterocycles. The average Bonchev–Trinajstić information content (AvgIpc) is 2.97. The molecular formula is C19H17N3O4S. The zero-order valence-electron chi connectivity index (χ0n) is 14.6. The van der Waals surface area contributed by atoms with Crippen LogP contribution in [0.4, 0.5) is 11.4 Å². The minimum absolute atomic E-state index is 0.0353. The van der Waals surface area contributed by atoms with E-state index in [1.165, 1.54) is 31.9 Å². The quantitative estimate of drug-likeness (QED) is 0.704. The van der Waals surface area contributed by atoms with Gasteiger partial charge in [0.2, 0.25) is 5.91 Å². The number of hydrogen-bond acceptors (Lipinski definition) is 6. The number of rotatable bonds is 4. The van der Waals surface area contributed by atoms with Gasteiger partial charge in [0, 0.05) is 12.6 Å². The summed E-state index contributed by atoms with van der Waals surface area (Å²) >= 11 is 1.22. The van der Waals surface area contributed by atoms with Gasteiger partial charge in [0.15, 0.2) is 16.7 Å². The lowest BCUT2D eigenvalue weighted by atomic mass is 10.2. The number of aromatic hydroxyl groups is 1. The number of anilines is 1. The Bertz CT molecular complexity index is 952. The van der Waals surface area contributed by atoms with Gasteiger partial charge in [-0.25, -0.2) is 4.99 Å². The number of benzene rings is 2. The van der Waals surface area contributed by atoms with Crippen molar-refractivity contribution in [2.24, 2.45) is 4.99 Å². The molecule has 1 fully saturated rings. The van der Waals surface area contributed by atoms with E-state index in [4.69, 9.17) is 4.74 Å². The molecule has 0 spiro atoms. The van der Waals surface area contributed by atoms with E-state index in [2.05, 4.69) is 15.6 Å². The number of phenolic OH excluding ortho intramolecular Hbond substituents is 1. The fourth-order valence-corrected chi connectivity index (χ4v) is 3.20. The Balaban J connectivity index is 1.76. The van der Waals surface area contributed by atoms with Crippen LogP contribution < -0.4 is 15.4 Å². The standard InChI is InChI=1S/C19H17N3O4S/c1-11(23)20-13-4-6-14(7-5-13)21-19-22-18(25)17(27-19)10-12-3-8-15(24)16(9-12)26-2/h3-10,24H,1-2H3,(H,20,23)(H,21,22,25). The number of amidine groups is 1. The number of nitrogens with zero attached hydrogens (tertiary/aromatic N) is 1. The van der Waals surface area contributed by atoms with Crippen LogP contribution in [-0.2, 0) is 9.59 Å². The smallest absolute Gasteiger partial charge is 0.264 e. The molecule has 2 aromatic carbocycles. The van der Waals surface area contributed by atoms with E-state index >= 15 is 0 Å². The number of nitrogens with one attached hydrogen (secondary N) is 2. The molecule has 0 aromatic heterocycles. The lowest BCUT2D eigenvalue weighted by Gasteiger charge is -2.04. The molecule has 0 radical (unpaired) electrons. The van der Waals surface area contributed by atoms with Crippen LogP contribution in [0.15, 0.2) is 52.4 Å². The van der Waals surface area contributed by atoms with Gasteiger partial charge in [-0.15, -0.1) is 0 Å². The molecular weight excluding hydrogens is 366 g/mol. The predicted molar refractivity (Wildman–Crippen MR) is 106 cm³/mol. The van der Waals surface area contributed by atoms with Crippen LogP contribution in [0.25, 0.3) is 6.08 Å². The van der Waals surface area contributed by atoms with E-state index in [0.717, 1.165) is 5.56 Å². The van der Waals surface area contributed by atoms with Crippen molar-refractivity contribution in [3.8, 4) is 11.5 Å². The van der Waals surface area contributed by atoms with Crippen molar-refractivity contribution in [1.82, 2.24) is 5.32 Å². The normalized spacial score (nSPS) is 16.4. The van der Waals surface area contributed by atoms with E-state index in [1.807, 2.05) is 0 Å². The summed E-state index contributed by atoms with van der Waals surface area (Å²) < 4.78 is 5.07. The second kappa shape index (κ2) is 7.96. The highest BCUT2D eigenvalue weighted by Gasteiger charge is 2.23. The molecule has 3 rings (SSSR count). The third-order valence-electron chi connectivity index (χ3n) is 3.57. The first-order valence-corrected chi connectivity index (χ1v) is 8.80. The molecule has 0 unspecified atom stereocenters. The highest BCUT2D eigenvalue weighted by atomic mass is 32.2. The van der Waals surface area contributed by atoms with Gasteiger partial charge in [0.05, 0.1) is 17.7 Å². The minimum atomic E-state index is -0.249. The lowest BCUT2D eigenvalue weighted by molar-refractivity contribution is -0.115. The molecule has 1 heterocycles. The molecule has 2 amide bonds. The summed E-state index contributed by atoms with van der Waals surface area (Å²) in [5.41, 5.74) is 2.05. The van der Waals surface area contributed by atoms with Gasteiger partial charge in [0.25, 0.3) is 5.91 Å². The molecule has 0 aliphatic carbocycles. The van der Waals surface area contributed by atoms with Crippen molar-refractivity contribution in [3.05, 3.63) is 52.9 Å². The van der Waals surface area contributed by atoms with Gasteiger partial charge in [-0.05, 0) is 59.8 Å². The second-order valence-corrected chi connectivity index (χ2v) is 6.67. The minimum Gasteiger partial charge on any atom is -0.504 e. The van der Waals surface area contributed by atoms with Crippen molar-refractivity contribution >= 4 is 46.2 Å². The zero-order chi connectivity index (χ0) is 19.4. The van der Waals surface area contributed by atoms with Gasteiger partial charge in [-0.2, -0.15) is 0 Å². The van der Waals surface area contributed by atoms with Crippen LogP contribution in [-0.4, -0.2) is 29.2 Å². The molecule has 138 valence electrons. The Kier molecular flexibility index (Phi) is 5.46. The van der Waals surface area contributed by atoms with Gasteiger partial charge >= 0.3 is 0 Å². The number of thioether (sulfide) groups is 1. The van der Waals surface area contributed by atoms with Crippen LogP contribution in [0.1, 0.15) is 12.5 Å². The molecule has 1 aliphatic heterocycles. The number of hydrogen-bond donors (Lipinski definition) is 3. The van der Waals surface area contributed by atoms with Crippen LogP contribution in [0.5, 0.6) is 11.5 Å². The Hall–Kier alpha value is -3.26. The van der Waals surface area contributed by atoms with Crippen LogP contribution in [0.3, 0.4) is 0 Å². The van der Waals surface area contributed by atoms with Crippen LogP contribution in [0.2, 0.25) is 0 Å². The van der Waals surface area contributed by atoms with E-state index in [9.17, 15) is 14.7 Å². The van der Waals surface area contributed by atoms with Gasteiger partial charge in [-0.1, -0.05) is 6.07 Å². The number of phenols is 1. The average molecular weight is 383 g/mol. The maximum Gasteiger partial charge on any atom is 0.264 e. The summed E-state index contributed by atoms with van der Waals surface area (Å²) in [4.78, 5) is 28.1. The first kappa shape index (κ1) is 18.5. The van der Waals surface area contributed by atoms with Gasteiger partial charge < -0.3 is 20.5 Å². The first-order chi connectivity index (χ1) is 12.9. The van der Waals surface area contributed by atoms with Crippen molar-refractivity contribution < 1.29 is 19.4 Å². The molecule has 1 aliphatic rings. The molecule has 0 atom stereocenters. The summed E-state index contributed by atoms with van der Waals surface area (Å²) in [7, 11) is 1.46. The molecule has 0 saturated carbocycles. The fourth-order valence-electron chi connectivity index (χ4n) is 2.36. The zero-order valence-corrected chi connectivity index (χ0v) is 15.5. The van der Waals surface area contributed by atoms with E-state index < -0.39 is 0 Å². The maximum absolute atomic E-state index is 12.2. The third kappa shape index (κ3) is 4.68. The Morgan fingerprint density at radius 1 is 1.26 bits per heavy atom. The number of methoxy groups -OCH3 is 1. The molecule has 7 nitrogen and oxygen atoms in total. The highest BCUT2D eigenvalue weighted by Crippen LogP contribution is 2.31. The SMILES string of the molecule is COc1cc(C=C2SC(=Nc3ccc(NC(C)=O)cc3)NC2=O)ccc1O. The summed E-state index contributed by atoms with van der Waals surface area (Å²) in [6.07, 6.45) is 1.70. The van der Waals surface area contributed by atoms with Crippen molar-refractivity contribution in [1.29, 1.82) is 0 Å². The number of ether oxygens (including phenoxy) is 1. The summed E-state index contributed by atoms with van der Waals surface area (Å²) in [6, 6.07) is 11.8. The summed E-state index contributed by atoms with van der Waals surface area (Å²) in [5, 5.41) is 15.5. The third-order valence-corrected chi connectivity index (χ3v) is 4.48. The molecule has 3 N–H and O–H groups in total. The van der Waals surface area contributed by atoms with Gasteiger partial charge in [0.1, 0.15) is 0 Å². The molecule has 2 aromatic rings. The summed E-state index contributed by atoms with van der Waals surface area (Å²) in [6.45, 7) is 1.44. The Morgan fingerprint density at radius 2 is 2.00 bits per heavy atom. The number of aliphatic imine (C=N–C) groups is 1. The first-order valence-electron chi connectivity index (χ1n) is 7.99. The van der Waals surface area contributed by atoms with Crippen molar-refractivity contribution in [2.75, 3.05) is 12.4 Å².